The van der Waals surface area contributed by atoms with E-state index in [1.54, 1.807) is 6.92 Å². The number of hydrogen-bond acceptors (Lipinski definition) is 4. The van der Waals surface area contributed by atoms with Gasteiger partial charge in [-0.3, -0.25) is 4.79 Å². The topological polar surface area (TPSA) is 64.2 Å². The van der Waals surface area contributed by atoms with Gasteiger partial charge in [-0.05, 0) is 13.3 Å². The maximum Gasteiger partial charge on any atom is 0.254 e. The minimum atomic E-state index is -0.180. The molecule has 1 saturated heterocycles. The molecule has 1 unspecified atom stereocenters. The highest BCUT2D eigenvalue weighted by Gasteiger charge is 2.16. The predicted octanol–water partition coefficient (Wildman–Crippen LogP) is 0.494. The summed E-state index contributed by atoms with van der Waals surface area (Å²) >= 11 is 0. The van der Waals surface area contributed by atoms with Crippen LogP contribution in [0, 0.1) is 12.8 Å². The lowest BCUT2D eigenvalue weighted by Gasteiger charge is -2.09. The molecule has 1 aromatic rings. The van der Waals surface area contributed by atoms with Crippen LogP contribution in [0.4, 0.5) is 0 Å². The molecule has 1 aliphatic rings. The van der Waals surface area contributed by atoms with Crippen molar-refractivity contribution in [1.29, 1.82) is 0 Å². The number of hydrogen-bond donors (Lipinski definition) is 1. The highest BCUT2D eigenvalue weighted by atomic mass is 16.5. The van der Waals surface area contributed by atoms with Gasteiger partial charge in [0.05, 0.1) is 19.3 Å². The van der Waals surface area contributed by atoms with Gasteiger partial charge in [-0.1, -0.05) is 0 Å². The van der Waals surface area contributed by atoms with Crippen molar-refractivity contribution in [2.24, 2.45) is 5.92 Å². The summed E-state index contributed by atoms with van der Waals surface area (Å²) in [5.41, 5.74) is -0.180. The lowest BCUT2D eigenvalue weighted by molar-refractivity contribution is 0.165. The highest BCUT2D eigenvalue weighted by molar-refractivity contribution is 5.08. The zero-order chi connectivity index (χ0) is 10.7. The molecular formula is C10H14N2O3. The van der Waals surface area contributed by atoms with E-state index in [2.05, 4.69) is 9.97 Å². The maximum absolute atomic E-state index is 11.1. The molecule has 1 aliphatic heterocycles. The molecule has 82 valence electrons. The maximum atomic E-state index is 11.1. The summed E-state index contributed by atoms with van der Waals surface area (Å²) in [6.45, 7) is 3.83. The number of nitrogens with one attached hydrogen (secondary N) is 1. The SMILES string of the molecule is Cc1nc(OCC2CCOC2)cc(=O)[nH]1. The fourth-order valence-corrected chi connectivity index (χ4v) is 1.54. The molecule has 0 bridgehead atoms. The third kappa shape index (κ3) is 2.79. The average molecular weight is 210 g/mol. The van der Waals surface area contributed by atoms with Crippen LogP contribution in [0.15, 0.2) is 10.9 Å². The smallest absolute Gasteiger partial charge is 0.254 e. The number of aromatic nitrogens is 2. The molecule has 15 heavy (non-hydrogen) atoms. The molecule has 1 aromatic heterocycles. The van der Waals surface area contributed by atoms with E-state index in [-0.39, 0.29) is 5.56 Å². The van der Waals surface area contributed by atoms with E-state index < -0.39 is 0 Å². The van der Waals surface area contributed by atoms with Gasteiger partial charge in [0, 0.05) is 12.5 Å². The Morgan fingerprint density at radius 1 is 1.73 bits per heavy atom. The number of H-pyrrole nitrogens is 1. The molecule has 5 nitrogen and oxygen atoms in total. The quantitative estimate of drug-likeness (QED) is 0.788. The molecule has 5 heteroatoms. The molecule has 0 aliphatic carbocycles. The van der Waals surface area contributed by atoms with Crippen molar-refractivity contribution < 1.29 is 9.47 Å². The van der Waals surface area contributed by atoms with Gasteiger partial charge in [-0.2, -0.15) is 0 Å². The van der Waals surface area contributed by atoms with Gasteiger partial charge in [0.25, 0.3) is 5.56 Å². The first kappa shape index (κ1) is 10.2. The summed E-state index contributed by atoms with van der Waals surface area (Å²) in [5, 5.41) is 0. The van der Waals surface area contributed by atoms with Crippen LogP contribution >= 0.6 is 0 Å². The summed E-state index contributed by atoms with van der Waals surface area (Å²) in [6, 6.07) is 1.36. The summed E-state index contributed by atoms with van der Waals surface area (Å²) in [5.74, 6) is 1.38. The Kier molecular flexibility index (Phi) is 3.01. The fourth-order valence-electron chi connectivity index (χ4n) is 1.54. The molecule has 0 saturated carbocycles. The molecule has 0 amide bonds. The average Bonchev–Trinajstić information content (AvgIpc) is 2.65. The first-order chi connectivity index (χ1) is 7.24. The molecule has 1 fully saturated rings. The van der Waals surface area contributed by atoms with E-state index in [0.717, 1.165) is 19.6 Å². The predicted molar refractivity (Wildman–Crippen MR) is 54.0 cm³/mol. The second kappa shape index (κ2) is 4.44. The van der Waals surface area contributed by atoms with Crippen LogP contribution in [0.3, 0.4) is 0 Å². The molecule has 1 atom stereocenters. The van der Waals surface area contributed by atoms with E-state index in [9.17, 15) is 4.79 Å². The Hall–Kier alpha value is -1.36. The van der Waals surface area contributed by atoms with Crippen molar-refractivity contribution in [2.75, 3.05) is 19.8 Å². The Balaban J connectivity index is 1.95. The first-order valence-corrected chi connectivity index (χ1v) is 5.02. The summed E-state index contributed by atoms with van der Waals surface area (Å²) in [6.07, 6.45) is 1.02. The number of rotatable bonds is 3. The monoisotopic (exact) mass is 210 g/mol. The van der Waals surface area contributed by atoms with E-state index >= 15 is 0 Å². The lowest BCUT2D eigenvalue weighted by atomic mass is 10.1. The van der Waals surface area contributed by atoms with Crippen molar-refractivity contribution in [3.63, 3.8) is 0 Å². The molecule has 0 spiro atoms. The minimum Gasteiger partial charge on any atom is -0.477 e. The van der Waals surface area contributed by atoms with Crippen molar-refractivity contribution in [1.82, 2.24) is 9.97 Å². The van der Waals surface area contributed by atoms with Crippen LogP contribution < -0.4 is 10.3 Å². The highest BCUT2D eigenvalue weighted by Crippen LogP contribution is 2.13. The zero-order valence-corrected chi connectivity index (χ0v) is 8.66. The van der Waals surface area contributed by atoms with Gasteiger partial charge in [0.15, 0.2) is 0 Å². The van der Waals surface area contributed by atoms with E-state index in [0.29, 0.717) is 24.2 Å². The van der Waals surface area contributed by atoms with Gasteiger partial charge in [-0.15, -0.1) is 0 Å². The van der Waals surface area contributed by atoms with Gasteiger partial charge in [-0.25, -0.2) is 4.98 Å². The van der Waals surface area contributed by atoms with Gasteiger partial charge < -0.3 is 14.5 Å². The van der Waals surface area contributed by atoms with Crippen LogP contribution in [-0.4, -0.2) is 29.8 Å². The lowest BCUT2D eigenvalue weighted by Crippen LogP contribution is -2.15. The Labute approximate surface area is 87.4 Å². The second-order valence-corrected chi connectivity index (χ2v) is 3.71. The van der Waals surface area contributed by atoms with Gasteiger partial charge >= 0.3 is 0 Å². The summed E-state index contributed by atoms with van der Waals surface area (Å²) in [4.78, 5) is 17.8. The number of aryl methyl sites for hydroxylation is 1. The number of ether oxygens (including phenoxy) is 2. The largest absolute Gasteiger partial charge is 0.477 e. The number of nitrogens with zero attached hydrogens (tertiary/aromatic N) is 1. The fraction of sp³-hybridized carbons (Fsp3) is 0.600. The van der Waals surface area contributed by atoms with Crippen molar-refractivity contribution in [3.05, 3.63) is 22.2 Å². The van der Waals surface area contributed by atoms with E-state index in [4.69, 9.17) is 9.47 Å². The number of aromatic amines is 1. The molecule has 2 rings (SSSR count). The Morgan fingerprint density at radius 2 is 2.60 bits per heavy atom. The Bertz CT molecular complexity index is 382. The first-order valence-electron chi connectivity index (χ1n) is 5.02. The van der Waals surface area contributed by atoms with Crippen molar-refractivity contribution in [3.8, 4) is 5.88 Å². The molecular weight excluding hydrogens is 196 g/mol. The standard InChI is InChI=1S/C10H14N2O3/c1-7-11-9(13)4-10(12-7)15-6-8-2-3-14-5-8/h4,8H,2-3,5-6H2,1H3,(H,11,12,13). The summed E-state index contributed by atoms with van der Waals surface area (Å²) in [7, 11) is 0. The third-order valence-corrected chi connectivity index (χ3v) is 2.33. The summed E-state index contributed by atoms with van der Waals surface area (Å²) < 4.78 is 10.7. The zero-order valence-electron chi connectivity index (χ0n) is 8.66. The van der Waals surface area contributed by atoms with Crippen molar-refractivity contribution >= 4 is 0 Å². The van der Waals surface area contributed by atoms with Crippen LogP contribution in [0.2, 0.25) is 0 Å². The van der Waals surface area contributed by atoms with Crippen molar-refractivity contribution in [2.45, 2.75) is 13.3 Å². The van der Waals surface area contributed by atoms with E-state index in [1.807, 2.05) is 0 Å². The van der Waals surface area contributed by atoms with Gasteiger partial charge in [0.1, 0.15) is 5.82 Å². The Morgan fingerprint density at radius 3 is 3.27 bits per heavy atom. The van der Waals surface area contributed by atoms with E-state index in [1.165, 1.54) is 6.07 Å². The van der Waals surface area contributed by atoms with Crippen LogP contribution in [-0.2, 0) is 4.74 Å². The van der Waals surface area contributed by atoms with Crippen LogP contribution in [0.25, 0.3) is 0 Å². The molecule has 0 aromatic carbocycles. The van der Waals surface area contributed by atoms with Crippen LogP contribution in [0.5, 0.6) is 5.88 Å². The van der Waals surface area contributed by atoms with Gasteiger partial charge in [0.2, 0.25) is 5.88 Å². The molecule has 0 radical (unpaired) electrons. The normalized spacial score (nSPS) is 20.5. The minimum absolute atomic E-state index is 0.180. The van der Waals surface area contributed by atoms with Crippen LogP contribution in [0.1, 0.15) is 12.2 Å². The molecule has 2 heterocycles. The molecule has 1 N–H and O–H groups in total. The third-order valence-electron chi connectivity index (χ3n) is 2.33. The second-order valence-electron chi connectivity index (χ2n) is 3.71.